The second kappa shape index (κ2) is 9.60. The summed E-state index contributed by atoms with van der Waals surface area (Å²) < 4.78 is 27.6. The Morgan fingerprint density at radius 3 is 2.17 bits per heavy atom. The number of phenolic OH excluding ortho intramolecular Hbond substituents is 2. The van der Waals surface area contributed by atoms with Gasteiger partial charge < -0.3 is 54.0 Å². The minimum atomic E-state index is -1.67. The van der Waals surface area contributed by atoms with Crippen molar-refractivity contribution in [3.05, 3.63) is 40.6 Å². The number of ether oxygens (including phenoxy) is 4. The number of aromatic hydroxyl groups is 2. The number of methoxy groups -OCH3 is 2. The molecule has 1 aromatic heterocycles. The molecule has 3 aromatic rings. The third kappa shape index (κ3) is 4.45. The van der Waals surface area contributed by atoms with Gasteiger partial charge in [-0.25, -0.2) is 0 Å². The first-order valence-electron chi connectivity index (χ1n) is 10.4. The van der Waals surface area contributed by atoms with Crippen LogP contribution < -0.4 is 19.6 Å². The van der Waals surface area contributed by atoms with Crippen molar-refractivity contribution in [1.82, 2.24) is 0 Å². The number of fused-ring (bicyclic) bond motifs is 1. The summed E-state index contributed by atoms with van der Waals surface area (Å²) in [4.78, 5) is 12.6. The van der Waals surface area contributed by atoms with E-state index in [4.69, 9.17) is 23.4 Å². The maximum Gasteiger partial charge on any atom is 0.229 e. The average Bonchev–Trinajstić information content (AvgIpc) is 2.83. The molecule has 2 heterocycles. The quantitative estimate of drug-likeness (QED) is 0.272. The smallest absolute Gasteiger partial charge is 0.229 e. The van der Waals surface area contributed by atoms with Crippen molar-refractivity contribution in [3.8, 4) is 40.1 Å². The Morgan fingerprint density at radius 2 is 1.57 bits per heavy atom. The molecule has 0 bridgehead atoms. The molecule has 0 radical (unpaired) electrons. The zero-order valence-corrected chi connectivity index (χ0v) is 18.6. The van der Waals surface area contributed by atoms with E-state index in [0.29, 0.717) is 5.56 Å². The van der Waals surface area contributed by atoms with Crippen molar-refractivity contribution in [3.63, 3.8) is 0 Å². The van der Waals surface area contributed by atoms with Gasteiger partial charge >= 0.3 is 0 Å². The summed E-state index contributed by atoms with van der Waals surface area (Å²) in [5.41, 5.74) is -0.301. The Kier molecular flexibility index (Phi) is 6.74. The van der Waals surface area contributed by atoms with Crippen LogP contribution in [0.15, 0.2) is 39.5 Å². The minimum Gasteiger partial charge on any atom is -0.508 e. The van der Waals surface area contributed by atoms with Gasteiger partial charge in [0.2, 0.25) is 12.0 Å². The van der Waals surface area contributed by atoms with Crippen LogP contribution in [0.2, 0.25) is 0 Å². The van der Waals surface area contributed by atoms with E-state index in [-0.39, 0.29) is 39.7 Å². The van der Waals surface area contributed by atoms with E-state index in [2.05, 4.69) is 0 Å². The maximum atomic E-state index is 12.6. The van der Waals surface area contributed by atoms with E-state index in [0.717, 1.165) is 12.1 Å². The lowest BCUT2D eigenvalue weighted by atomic mass is 9.99. The van der Waals surface area contributed by atoms with Gasteiger partial charge in [0.1, 0.15) is 52.6 Å². The van der Waals surface area contributed by atoms with Crippen LogP contribution in [0, 0.1) is 0 Å². The molecule has 35 heavy (non-hydrogen) atoms. The van der Waals surface area contributed by atoms with Crippen molar-refractivity contribution >= 4 is 11.0 Å². The van der Waals surface area contributed by atoms with E-state index in [1.807, 2.05) is 0 Å². The Balaban J connectivity index is 1.76. The van der Waals surface area contributed by atoms with Gasteiger partial charge in [0.05, 0.1) is 20.8 Å². The van der Waals surface area contributed by atoms with Crippen molar-refractivity contribution < 1.29 is 54.0 Å². The van der Waals surface area contributed by atoms with E-state index in [9.17, 15) is 35.4 Å². The highest BCUT2D eigenvalue weighted by Crippen LogP contribution is 2.43. The number of aliphatic hydroxyl groups is 4. The zero-order chi connectivity index (χ0) is 25.4. The second-order valence-corrected chi connectivity index (χ2v) is 7.84. The van der Waals surface area contributed by atoms with Crippen LogP contribution in [-0.4, -0.2) is 82.2 Å². The summed E-state index contributed by atoms with van der Waals surface area (Å²) in [6.07, 6.45) is -7.56. The summed E-state index contributed by atoms with van der Waals surface area (Å²) in [6, 6.07) is 6.23. The Labute approximate surface area is 197 Å². The molecule has 4 rings (SSSR count). The van der Waals surface area contributed by atoms with Gasteiger partial charge in [-0.15, -0.1) is 0 Å². The van der Waals surface area contributed by atoms with E-state index >= 15 is 0 Å². The highest BCUT2D eigenvalue weighted by atomic mass is 16.7. The number of aliphatic hydroxyl groups excluding tert-OH is 4. The first kappa shape index (κ1) is 24.6. The molecule has 0 amide bonds. The van der Waals surface area contributed by atoms with Crippen molar-refractivity contribution in [1.29, 1.82) is 0 Å². The highest BCUT2D eigenvalue weighted by molar-refractivity contribution is 5.86. The molecular weight excluding hydrogens is 468 g/mol. The van der Waals surface area contributed by atoms with Gasteiger partial charge in [-0.3, -0.25) is 4.79 Å². The fourth-order valence-electron chi connectivity index (χ4n) is 3.82. The fraction of sp³-hybridized carbons (Fsp3) is 0.348. The Morgan fingerprint density at radius 1 is 0.914 bits per heavy atom. The molecule has 1 aliphatic rings. The maximum absolute atomic E-state index is 12.6. The predicted molar refractivity (Wildman–Crippen MR) is 119 cm³/mol. The molecule has 188 valence electrons. The van der Waals surface area contributed by atoms with Crippen molar-refractivity contribution in [2.45, 2.75) is 30.7 Å². The lowest BCUT2D eigenvalue weighted by Gasteiger charge is -2.39. The van der Waals surface area contributed by atoms with Gasteiger partial charge in [0.25, 0.3) is 0 Å². The van der Waals surface area contributed by atoms with Crippen molar-refractivity contribution in [2.75, 3.05) is 20.8 Å². The first-order chi connectivity index (χ1) is 16.7. The monoisotopic (exact) mass is 492 g/mol. The number of phenols is 2. The third-order valence-electron chi connectivity index (χ3n) is 5.62. The van der Waals surface area contributed by atoms with E-state index < -0.39 is 48.5 Å². The van der Waals surface area contributed by atoms with Gasteiger partial charge in [-0.2, -0.15) is 0 Å². The second-order valence-electron chi connectivity index (χ2n) is 7.84. The van der Waals surface area contributed by atoms with Crippen LogP contribution in [-0.2, 0) is 4.74 Å². The van der Waals surface area contributed by atoms with E-state index in [1.165, 1.54) is 32.4 Å². The largest absolute Gasteiger partial charge is 0.508 e. The number of benzene rings is 2. The Hall–Kier alpha value is -3.55. The zero-order valence-electron chi connectivity index (χ0n) is 18.6. The molecular formula is C23H24O12. The van der Waals surface area contributed by atoms with Crippen LogP contribution >= 0.6 is 0 Å². The molecule has 0 aliphatic carbocycles. The molecule has 0 spiro atoms. The topological polar surface area (TPSA) is 189 Å². The summed E-state index contributed by atoms with van der Waals surface area (Å²) in [6.45, 7) is -0.635. The fourth-order valence-corrected chi connectivity index (χ4v) is 3.82. The molecule has 5 atom stereocenters. The third-order valence-corrected chi connectivity index (χ3v) is 5.62. The minimum absolute atomic E-state index is 0.0403. The van der Waals surface area contributed by atoms with Crippen LogP contribution in [0.4, 0.5) is 0 Å². The SMILES string of the molecule is COc1cc(-c2cc(=O)c3c(O)cc(O)cc3o2)cc(OC)c1O[C@@H]1O[C@H](CO)[C@@H](O)[C@H](O)[C@H]1O. The Bertz CT molecular complexity index is 1260. The molecule has 6 N–H and O–H groups in total. The van der Waals surface area contributed by atoms with Gasteiger partial charge in [-0.05, 0) is 12.1 Å². The molecule has 2 aromatic carbocycles. The molecule has 1 saturated heterocycles. The molecule has 1 fully saturated rings. The molecule has 12 nitrogen and oxygen atoms in total. The van der Waals surface area contributed by atoms with Crippen LogP contribution in [0.25, 0.3) is 22.3 Å². The summed E-state index contributed by atoms with van der Waals surface area (Å²) >= 11 is 0. The van der Waals surface area contributed by atoms with Crippen molar-refractivity contribution in [2.24, 2.45) is 0 Å². The van der Waals surface area contributed by atoms with Gasteiger partial charge in [0, 0.05) is 23.8 Å². The summed E-state index contributed by atoms with van der Waals surface area (Å²) in [7, 11) is 2.65. The number of hydrogen-bond donors (Lipinski definition) is 6. The molecule has 0 unspecified atom stereocenters. The number of rotatable bonds is 6. The molecule has 0 saturated carbocycles. The predicted octanol–water partition coefficient (Wildman–Crippen LogP) is 0.0671. The lowest BCUT2D eigenvalue weighted by Crippen LogP contribution is -2.60. The van der Waals surface area contributed by atoms with Crippen LogP contribution in [0.1, 0.15) is 0 Å². The standard InChI is InChI=1S/C23H24O12/c1-31-15-3-9(13-7-12(27)18-11(26)5-10(25)6-14(18)33-13)4-16(32-2)22(15)35-23-21(30)20(29)19(28)17(8-24)34-23/h3-7,17,19-21,23-26,28-30H,8H2,1-2H3/t17-,19-,20+,21-,23+/m1/s1. The summed E-state index contributed by atoms with van der Waals surface area (Å²) in [5, 5.41) is 59.3. The normalized spacial score (nSPS) is 24.3. The summed E-state index contributed by atoms with van der Waals surface area (Å²) in [5.74, 6) is -0.576. The highest BCUT2D eigenvalue weighted by Gasteiger charge is 2.45. The van der Waals surface area contributed by atoms with Crippen LogP contribution in [0.3, 0.4) is 0 Å². The van der Waals surface area contributed by atoms with Gasteiger partial charge in [-0.1, -0.05) is 0 Å². The molecule has 1 aliphatic heterocycles. The lowest BCUT2D eigenvalue weighted by molar-refractivity contribution is -0.277. The van der Waals surface area contributed by atoms with Crippen LogP contribution in [0.5, 0.6) is 28.7 Å². The first-order valence-corrected chi connectivity index (χ1v) is 10.4. The number of hydrogen-bond acceptors (Lipinski definition) is 12. The molecule has 12 heteroatoms. The van der Waals surface area contributed by atoms with E-state index in [1.54, 1.807) is 0 Å². The van der Waals surface area contributed by atoms with Gasteiger partial charge in [0.15, 0.2) is 16.9 Å². The average molecular weight is 492 g/mol.